The minimum absolute atomic E-state index is 0.0199. The van der Waals surface area contributed by atoms with Crippen molar-refractivity contribution in [2.45, 2.75) is 84.3 Å². The lowest BCUT2D eigenvalue weighted by molar-refractivity contribution is -0.178. The normalized spacial score (nSPS) is 41.2. The Hall–Kier alpha value is -1.18. The van der Waals surface area contributed by atoms with Crippen LogP contribution in [0.3, 0.4) is 0 Å². The smallest absolute Gasteiger partial charge is 0.232 e. The lowest BCUT2D eigenvalue weighted by atomic mass is 9.45. The fourth-order valence-electron chi connectivity index (χ4n) is 8.17. The molecule has 190 valence electrons. The first-order valence-corrected chi connectivity index (χ1v) is 14.2. The van der Waals surface area contributed by atoms with Crippen LogP contribution in [0.15, 0.2) is 11.6 Å². The van der Waals surface area contributed by atoms with Gasteiger partial charge in [-0.15, -0.1) is 11.8 Å². The van der Waals surface area contributed by atoms with E-state index in [2.05, 4.69) is 6.92 Å². The van der Waals surface area contributed by atoms with E-state index in [0.717, 1.165) is 25.7 Å². The van der Waals surface area contributed by atoms with Crippen molar-refractivity contribution in [1.82, 2.24) is 4.90 Å². The van der Waals surface area contributed by atoms with Crippen LogP contribution in [-0.2, 0) is 14.4 Å². The van der Waals surface area contributed by atoms with Crippen molar-refractivity contribution in [3.05, 3.63) is 11.6 Å². The molecule has 7 atom stereocenters. The van der Waals surface area contributed by atoms with Gasteiger partial charge in [0.25, 0.3) is 0 Å². The Balaban J connectivity index is 1.50. The van der Waals surface area contributed by atoms with Crippen LogP contribution in [0, 0.1) is 28.6 Å². The van der Waals surface area contributed by atoms with Gasteiger partial charge in [0.1, 0.15) is 5.60 Å². The molecule has 0 aromatic carbocycles. The molecule has 6 nitrogen and oxygen atoms in total. The Morgan fingerprint density at radius 1 is 1.12 bits per heavy atom. The molecule has 0 aromatic heterocycles. The molecule has 7 heteroatoms. The number of ketones is 2. The van der Waals surface area contributed by atoms with Gasteiger partial charge >= 0.3 is 0 Å². The monoisotopic (exact) mass is 491 g/mol. The van der Waals surface area contributed by atoms with Crippen LogP contribution in [-0.4, -0.2) is 68.9 Å². The van der Waals surface area contributed by atoms with E-state index < -0.39 is 17.1 Å². The van der Waals surface area contributed by atoms with Crippen molar-refractivity contribution in [2.24, 2.45) is 28.6 Å². The molecule has 3 fully saturated rings. The molecule has 4 rings (SSSR count). The molecule has 0 spiro atoms. The molecule has 0 aliphatic heterocycles. The third-order valence-corrected chi connectivity index (χ3v) is 11.0. The van der Waals surface area contributed by atoms with Gasteiger partial charge in [-0.2, -0.15) is 0 Å². The predicted molar refractivity (Wildman–Crippen MR) is 133 cm³/mol. The van der Waals surface area contributed by atoms with Crippen LogP contribution in [0.2, 0.25) is 0 Å². The number of aliphatic hydroxyl groups is 2. The minimum atomic E-state index is -1.46. The second kappa shape index (κ2) is 9.36. The Labute approximate surface area is 207 Å². The first-order valence-electron chi connectivity index (χ1n) is 13.0. The fraction of sp³-hybridized carbons (Fsp3) is 0.815. The van der Waals surface area contributed by atoms with E-state index in [-0.39, 0.29) is 52.1 Å². The van der Waals surface area contributed by atoms with E-state index in [9.17, 15) is 24.6 Å². The largest absolute Gasteiger partial charge is 0.393 e. The van der Waals surface area contributed by atoms with Gasteiger partial charge in [0.15, 0.2) is 11.6 Å². The van der Waals surface area contributed by atoms with Gasteiger partial charge in [-0.05, 0) is 81.6 Å². The zero-order chi connectivity index (χ0) is 24.9. The Morgan fingerprint density at radius 2 is 1.82 bits per heavy atom. The van der Waals surface area contributed by atoms with E-state index in [1.807, 2.05) is 26.8 Å². The van der Waals surface area contributed by atoms with Gasteiger partial charge in [-0.3, -0.25) is 14.4 Å². The Kier molecular flexibility index (Phi) is 7.13. The summed E-state index contributed by atoms with van der Waals surface area (Å²) in [4.78, 5) is 39.5. The summed E-state index contributed by atoms with van der Waals surface area (Å²) in [5.41, 5.74) is -1.13. The van der Waals surface area contributed by atoms with Crippen molar-refractivity contribution in [1.29, 1.82) is 0 Å². The second-order valence-corrected chi connectivity index (χ2v) is 12.4. The van der Waals surface area contributed by atoms with Gasteiger partial charge in [-0.25, -0.2) is 0 Å². The number of rotatable bonds is 7. The third kappa shape index (κ3) is 3.90. The lowest BCUT2D eigenvalue weighted by Crippen LogP contribution is -2.62. The molecule has 0 saturated heterocycles. The maximum atomic E-state index is 13.4. The number of allylic oxidation sites excluding steroid dienone is 1. The Bertz CT molecular complexity index is 884. The van der Waals surface area contributed by atoms with E-state index in [4.69, 9.17) is 0 Å². The first-order chi connectivity index (χ1) is 16.0. The van der Waals surface area contributed by atoms with Gasteiger partial charge in [-0.1, -0.05) is 19.4 Å². The summed E-state index contributed by atoms with van der Waals surface area (Å²) >= 11 is 1.29. The van der Waals surface area contributed by atoms with E-state index in [1.54, 1.807) is 4.90 Å². The van der Waals surface area contributed by atoms with E-state index >= 15 is 0 Å². The number of amides is 1. The number of carbonyl (C=O) groups excluding carboxylic acids is 3. The van der Waals surface area contributed by atoms with Gasteiger partial charge < -0.3 is 15.1 Å². The van der Waals surface area contributed by atoms with Crippen LogP contribution in [0.4, 0.5) is 0 Å². The molecule has 0 bridgehead atoms. The number of hydrogen-bond donors (Lipinski definition) is 2. The molecule has 0 unspecified atom stereocenters. The molecule has 0 radical (unpaired) electrons. The topological polar surface area (TPSA) is 94.9 Å². The van der Waals surface area contributed by atoms with Gasteiger partial charge in [0.2, 0.25) is 5.91 Å². The summed E-state index contributed by atoms with van der Waals surface area (Å²) in [5, 5.41) is 23.3. The molecule has 1 amide bonds. The van der Waals surface area contributed by atoms with Crippen LogP contribution in [0.5, 0.6) is 0 Å². The summed E-state index contributed by atoms with van der Waals surface area (Å²) in [7, 11) is 0. The quantitative estimate of drug-likeness (QED) is 0.567. The molecular weight excluding hydrogens is 450 g/mol. The lowest BCUT2D eigenvalue weighted by Gasteiger charge is -2.60. The molecule has 34 heavy (non-hydrogen) atoms. The van der Waals surface area contributed by atoms with Gasteiger partial charge in [0, 0.05) is 24.9 Å². The highest BCUT2D eigenvalue weighted by atomic mass is 32.2. The number of aliphatic hydroxyl groups excluding tert-OH is 1. The zero-order valence-electron chi connectivity index (χ0n) is 21.1. The minimum Gasteiger partial charge on any atom is -0.393 e. The molecular formula is C27H41NO5S. The average Bonchev–Trinajstić information content (AvgIpc) is 3.06. The number of nitrogens with zero attached hydrogens (tertiary/aromatic N) is 1. The SMILES string of the molecule is CCN(CC)C(=O)CSCC(=O)[C@@]1(O)CC[C@H]2[C@@H]3CCC4=CC(=O)CC[C@]4(C)[C@H]3[C@@H](O)C[C@@]21C. The summed E-state index contributed by atoms with van der Waals surface area (Å²) in [6, 6.07) is 0. The molecule has 3 saturated carbocycles. The summed E-state index contributed by atoms with van der Waals surface area (Å²) in [5.74, 6) is 0.844. The van der Waals surface area contributed by atoms with Crippen molar-refractivity contribution in [3.63, 3.8) is 0 Å². The standard InChI is InChI=1S/C27H41NO5S/c1-5-28(6-2)23(32)16-34-15-22(31)27(33)12-10-20-19-8-7-17-13-18(29)9-11-25(17,3)24(19)21(30)14-26(20,27)4/h13,19-21,24,30,33H,5-12,14-16H2,1-4H3/t19-,20-,21-,24+,25-,26-,27-/m0/s1. The number of thioether (sulfide) groups is 1. The van der Waals surface area contributed by atoms with Crippen LogP contribution in [0.1, 0.15) is 72.6 Å². The maximum absolute atomic E-state index is 13.4. The summed E-state index contributed by atoms with van der Waals surface area (Å²) in [6.45, 7) is 9.40. The van der Waals surface area contributed by atoms with Crippen molar-refractivity contribution < 1.29 is 24.6 Å². The molecule has 2 N–H and O–H groups in total. The number of fused-ring (bicyclic) bond motifs is 5. The first kappa shape index (κ1) is 25.9. The highest BCUT2D eigenvalue weighted by Crippen LogP contribution is 2.67. The average molecular weight is 492 g/mol. The van der Waals surface area contributed by atoms with Gasteiger partial charge in [0.05, 0.1) is 17.6 Å². The number of carbonyl (C=O) groups is 3. The third-order valence-electron chi connectivity index (χ3n) is 10.1. The van der Waals surface area contributed by atoms with Crippen LogP contribution < -0.4 is 0 Å². The molecule has 4 aliphatic carbocycles. The molecule has 4 aliphatic rings. The van der Waals surface area contributed by atoms with E-state index in [0.29, 0.717) is 32.4 Å². The van der Waals surface area contributed by atoms with Crippen LogP contribution in [0.25, 0.3) is 0 Å². The predicted octanol–water partition coefficient (Wildman–Crippen LogP) is 3.39. The van der Waals surface area contributed by atoms with Crippen molar-refractivity contribution >= 4 is 29.2 Å². The number of Topliss-reactive ketones (excluding diaryl/α,β-unsaturated/α-hetero) is 1. The zero-order valence-corrected chi connectivity index (χ0v) is 22.0. The second-order valence-electron chi connectivity index (χ2n) is 11.5. The molecule has 0 aromatic rings. The highest BCUT2D eigenvalue weighted by Gasteiger charge is 2.68. The van der Waals surface area contributed by atoms with E-state index in [1.165, 1.54) is 17.3 Å². The maximum Gasteiger partial charge on any atom is 0.232 e. The Morgan fingerprint density at radius 3 is 2.50 bits per heavy atom. The summed E-state index contributed by atoms with van der Waals surface area (Å²) in [6.07, 6.45) is 5.89. The number of hydrogen-bond acceptors (Lipinski definition) is 6. The van der Waals surface area contributed by atoms with Crippen molar-refractivity contribution in [3.8, 4) is 0 Å². The van der Waals surface area contributed by atoms with Crippen LogP contribution >= 0.6 is 11.8 Å². The molecule has 0 heterocycles. The van der Waals surface area contributed by atoms with Crippen molar-refractivity contribution in [2.75, 3.05) is 24.6 Å². The summed E-state index contributed by atoms with van der Waals surface area (Å²) < 4.78 is 0. The highest BCUT2D eigenvalue weighted by molar-refractivity contribution is 8.00. The fourth-order valence-corrected chi connectivity index (χ4v) is 9.05.